The predicted octanol–water partition coefficient (Wildman–Crippen LogP) is 2.78. The van der Waals surface area contributed by atoms with Crippen molar-refractivity contribution in [3.05, 3.63) is 88.5 Å². The molecular formula is C30H26O12. The van der Waals surface area contributed by atoms with Crippen molar-refractivity contribution in [2.75, 3.05) is 0 Å². The van der Waals surface area contributed by atoms with Gasteiger partial charge in [-0.1, -0.05) is 24.3 Å². The van der Waals surface area contributed by atoms with E-state index in [9.17, 15) is 51.1 Å². The van der Waals surface area contributed by atoms with Crippen LogP contribution in [-0.4, -0.2) is 63.3 Å². The van der Waals surface area contributed by atoms with Crippen molar-refractivity contribution >= 4 is 0 Å². The molecule has 2 aliphatic heterocycles. The Hall–Kier alpha value is -5.04. The van der Waals surface area contributed by atoms with E-state index in [1.165, 1.54) is 42.5 Å². The quantitative estimate of drug-likeness (QED) is 0.159. The Morgan fingerprint density at radius 2 is 1.07 bits per heavy atom. The molecule has 6 rings (SSSR count). The summed E-state index contributed by atoms with van der Waals surface area (Å²) in [5.74, 6) is -5.45. The number of aliphatic hydroxyl groups is 3. The zero-order valence-corrected chi connectivity index (χ0v) is 21.5. The number of hydrogen-bond donors (Lipinski definition) is 10. The Morgan fingerprint density at radius 3 is 1.74 bits per heavy atom. The summed E-state index contributed by atoms with van der Waals surface area (Å²) in [4.78, 5) is 0. The zero-order valence-electron chi connectivity index (χ0n) is 21.5. The zero-order chi connectivity index (χ0) is 30.0. The highest BCUT2D eigenvalue weighted by Gasteiger charge is 2.45. The molecule has 42 heavy (non-hydrogen) atoms. The van der Waals surface area contributed by atoms with E-state index in [1.54, 1.807) is 0 Å². The van der Waals surface area contributed by atoms with Crippen molar-refractivity contribution in [2.24, 2.45) is 0 Å². The van der Waals surface area contributed by atoms with Crippen LogP contribution >= 0.6 is 0 Å². The maximum absolute atomic E-state index is 11.6. The van der Waals surface area contributed by atoms with E-state index in [1.807, 2.05) is 0 Å². The van der Waals surface area contributed by atoms with Gasteiger partial charge in [0.2, 0.25) is 11.5 Å². The molecule has 0 fully saturated rings. The number of hydrogen-bond acceptors (Lipinski definition) is 12. The summed E-state index contributed by atoms with van der Waals surface area (Å²) in [6, 6.07) is 13.0. The summed E-state index contributed by atoms with van der Waals surface area (Å²) in [6.45, 7) is 0. The number of aliphatic hydroxyl groups excluding tert-OH is 3. The maximum Gasteiger partial charge on any atom is 0.201 e. The molecule has 0 amide bonds. The minimum absolute atomic E-state index is 0.0490. The molecule has 0 saturated carbocycles. The molecule has 0 radical (unpaired) electrons. The maximum atomic E-state index is 11.6. The second kappa shape index (κ2) is 9.80. The summed E-state index contributed by atoms with van der Waals surface area (Å²) in [5.41, 5.74) is 0.418. The molecule has 12 nitrogen and oxygen atoms in total. The van der Waals surface area contributed by atoms with E-state index in [0.717, 1.165) is 18.2 Å². The molecule has 12 heteroatoms. The van der Waals surface area contributed by atoms with E-state index in [4.69, 9.17) is 9.47 Å². The van der Waals surface area contributed by atoms with Crippen molar-refractivity contribution in [1.29, 1.82) is 0 Å². The summed E-state index contributed by atoms with van der Waals surface area (Å²) < 4.78 is 11.7. The molecule has 2 heterocycles. The third-order valence-electron chi connectivity index (χ3n) is 7.74. The predicted molar refractivity (Wildman–Crippen MR) is 143 cm³/mol. The summed E-state index contributed by atoms with van der Waals surface area (Å²) >= 11 is 0. The van der Waals surface area contributed by atoms with Gasteiger partial charge in [-0.2, -0.15) is 0 Å². The third kappa shape index (κ3) is 4.12. The van der Waals surface area contributed by atoms with Gasteiger partial charge in [-0.3, -0.25) is 0 Å². The van der Waals surface area contributed by atoms with E-state index in [2.05, 4.69) is 0 Å². The van der Waals surface area contributed by atoms with Gasteiger partial charge in [-0.15, -0.1) is 0 Å². The largest absolute Gasteiger partial charge is 0.508 e. The molecule has 0 aliphatic carbocycles. The van der Waals surface area contributed by atoms with Gasteiger partial charge in [0.15, 0.2) is 46.7 Å². The number of benzene rings is 4. The van der Waals surface area contributed by atoms with E-state index in [0.29, 0.717) is 5.56 Å². The van der Waals surface area contributed by atoms with Crippen molar-refractivity contribution in [2.45, 2.75) is 36.4 Å². The number of aromatic hydroxyl groups is 7. The molecule has 0 saturated heterocycles. The Labute approximate surface area is 237 Å². The van der Waals surface area contributed by atoms with Crippen molar-refractivity contribution in [3.8, 4) is 51.7 Å². The van der Waals surface area contributed by atoms with Gasteiger partial charge in [0.25, 0.3) is 0 Å². The number of ether oxygens (including phenoxy) is 2. The first-order valence-electron chi connectivity index (χ1n) is 12.8. The molecule has 6 atom stereocenters. The van der Waals surface area contributed by atoms with E-state index >= 15 is 0 Å². The van der Waals surface area contributed by atoms with Crippen LogP contribution in [0.5, 0.6) is 51.7 Å². The smallest absolute Gasteiger partial charge is 0.201 e. The number of rotatable bonds is 3. The molecule has 0 bridgehead atoms. The lowest BCUT2D eigenvalue weighted by Gasteiger charge is -2.39. The van der Waals surface area contributed by atoms with Gasteiger partial charge >= 0.3 is 0 Å². The highest BCUT2D eigenvalue weighted by molar-refractivity contribution is 5.66. The summed E-state index contributed by atoms with van der Waals surface area (Å²) in [5, 5.41) is 106. The van der Waals surface area contributed by atoms with Crippen LogP contribution in [0, 0.1) is 0 Å². The van der Waals surface area contributed by atoms with Gasteiger partial charge in [0.05, 0.1) is 0 Å². The molecule has 218 valence electrons. The number of phenolic OH excluding ortho intramolecular Hbond substituents is 7. The van der Waals surface area contributed by atoms with Crippen LogP contribution in [0.4, 0.5) is 0 Å². The first-order valence-corrected chi connectivity index (χ1v) is 12.8. The molecule has 4 aromatic rings. The van der Waals surface area contributed by atoms with Crippen molar-refractivity contribution in [1.82, 2.24) is 0 Å². The minimum Gasteiger partial charge on any atom is -0.508 e. The van der Waals surface area contributed by atoms with E-state index in [-0.39, 0.29) is 39.5 Å². The lowest BCUT2D eigenvalue weighted by Crippen LogP contribution is -2.36. The van der Waals surface area contributed by atoms with Crippen LogP contribution in [-0.2, 0) is 0 Å². The average Bonchev–Trinajstić information content (AvgIpc) is 2.97. The lowest BCUT2D eigenvalue weighted by atomic mass is 9.78. The fraction of sp³-hybridized carbons (Fsp3) is 0.200. The topological polar surface area (TPSA) is 221 Å². The molecular weight excluding hydrogens is 552 g/mol. The van der Waals surface area contributed by atoms with E-state index < -0.39 is 70.9 Å². The summed E-state index contributed by atoms with van der Waals surface area (Å²) in [6.07, 6.45) is -7.29. The lowest BCUT2D eigenvalue weighted by molar-refractivity contribution is -0.0712. The van der Waals surface area contributed by atoms with Gasteiger partial charge in [-0.05, 0) is 47.5 Å². The van der Waals surface area contributed by atoms with Crippen LogP contribution in [0.3, 0.4) is 0 Å². The van der Waals surface area contributed by atoms with Gasteiger partial charge in [0, 0.05) is 22.6 Å². The van der Waals surface area contributed by atoms with Gasteiger partial charge < -0.3 is 60.5 Å². The Balaban J connectivity index is 1.49. The number of fused-ring (bicyclic) bond motifs is 2. The second-order valence-electron chi connectivity index (χ2n) is 10.3. The van der Waals surface area contributed by atoms with Crippen LogP contribution < -0.4 is 9.47 Å². The molecule has 0 spiro atoms. The highest BCUT2D eigenvalue weighted by Crippen LogP contribution is 2.57. The molecule has 0 unspecified atom stereocenters. The van der Waals surface area contributed by atoms with Gasteiger partial charge in [-0.25, -0.2) is 0 Å². The SMILES string of the molecule is Oc1ccc([C@H]2Oc3c(ccc(O)c3O)[C@H](c3cc4c(c(O)c3O)O[C@H](c3ccc(O)c(O)c3)[C@H](O)[C@H]4O)[C@H]2O)cc1. The second-order valence-corrected chi connectivity index (χ2v) is 10.3. The molecule has 4 aromatic carbocycles. The molecule has 0 aromatic heterocycles. The fourth-order valence-corrected chi connectivity index (χ4v) is 5.57. The summed E-state index contributed by atoms with van der Waals surface area (Å²) in [7, 11) is 0. The average molecular weight is 579 g/mol. The standard InChI is InChI=1S/C30H26O12/c31-13-4-1-11(2-5-13)27-24(38)20(14-6-8-18(33)23(37)29(14)41-27)15-10-16-22(36)25(39)28(42-30(16)26(40)21(15)35)12-3-7-17(32)19(34)9-12/h1-10,20,22,24-25,27-28,31-40H/t20-,22+,24-,25-,27-,28-/m1/s1. The Kier molecular flexibility index (Phi) is 6.34. The normalized spacial score (nSPS) is 24.6. The Morgan fingerprint density at radius 1 is 0.476 bits per heavy atom. The third-order valence-corrected chi connectivity index (χ3v) is 7.74. The van der Waals surface area contributed by atoms with Gasteiger partial charge in [0.1, 0.15) is 24.1 Å². The van der Waals surface area contributed by atoms with Crippen molar-refractivity contribution in [3.63, 3.8) is 0 Å². The minimum atomic E-state index is -1.68. The van der Waals surface area contributed by atoms with Crippen molar-refractivity contribution < 1.29 is 60.5 Å². The highest BCUT2D eigenvalue weighted by atomic mass is 16.5. The molecule has 10 N–H and O–H groups in total. The molecule has 2 aliphatic rings. The number of phenols is 7. The van der Waals surface area contributed by atoms with Crippen LogP contribution in [0.2, 0.25) is 0 Å². The first-order chi connectivity index (χ1) is 20.0. The van der Waals surface area contributed by atoms with Crippen LogP contribution in [0.1, 0.15) is 52.0 Å². The van der Waals surface area contributed by atoms with Crippen LogP contribution in [0.15, 0.2) is 60.7 Å². The Bertz CT molecular complexity index is 1690. The first kappa shape index (κ1) is 27.1. The monoisotopic (exact) mass is 578 g/mol. The van der Waals surface area contributed by atoms with Crippen LogP contribution in [0.25, 0.3) is 0 Å². The fourth-order valence-electron chi connectivity index (χ4n) is 5.57.